The van der Waals surface area contributed by atoms with Crippen LogP contribution in [0.5, 0.6) is 0 Å². The predicted molar refractivity (Wildman–Crippen MR) is 69.5 cm³/mol. The van der Waals surface area contributed by atoms with E-state index in [0.29, 0.717) is 12.5 Å². The number of ether oxygens (including phenoxy) is 1. The van der Waals surface area contributed by atoms with Gasteiger partial charge in [0.25, 0.3) is 0 Å². The van der Waals surface area contributed by atoms with Gasteiger partial charge in [0, 0.05) is 32.2 Å². The molecule has 5 nitrogen and oxygen atoms in total. The fourth-order valence-corrected chi connectivity index (χ4v) is 2.87. The molecule has 2 saturated heterocycles. The van der Waals surface area contributed by atoms with Crippen LogP contribution in [0.4, 0.5) is 0 Å². The first-order valence-corrected chi connectivity index (χ1v) is 7.01. The van der Waals surface area contributed by atoms with E-state index in [2.05, 4.69) is 23.6 Å². The summed E-state index contributed by atoms with van der Waals surface area (Å²) in [6.45, 7) is 9.16. The zero-order valence-electron chi connectivity index (χ0n) is 11.5. The highest BCUT2D eigenvalue weighted by molar-refractivity contribution is 4.91. The minimum absolute atomic E-state index is 0.0220. The molecule has 0 amide bonds. The molecule has 106 valence electrons. The molecule has 0 spiro atoms. The van der Waals surface area contributed by atoms with E-state index in [1.165, 1.54) is 0 Å². The first-order valence-electron chi connectivity index (χ1n) is 7.01. The molecule has 2 fully saturated rings. The molecule has 2 rings (SSSR count). The van der Waals surface area contributed by atoms with Crippen LogP contribution in [0.3, 0.4) is 0 Å². The minimum Gasteiger partial charge on any atom is -0.390 e. The second-order valence-electron chi connectivity index (χ2n) is 5.65. The van der Waals surface area contributed by atoms with Crippen LogP contribution in [0.2, 0.25) is 0 Å². The lowest BCUT2D eigenvalue weighted by atomic mass is 10.0. The van der Waals surface area contributed by atoms with Gasteiger partial charge in [-0.2, -0.15) is 0 Å². The Balaban J connectivity index is 2.07. The monoisotopic (exact) mass is 258 g/mol. The molecule has 0 radical (unpaired) electrons. The molecular weight excluding hydrogens is 232 g/mol. The zero-order chi connectivity index (χ0) is 13.1. The molecule has 0 saturated carbocycles. The van der Waals surface area contributed by atoms with E-state index in [1.807, 2.05) is 0 Å². The average Bonchev–Trinajstić information content (AvgIpc) is 2.52. The van der Waals surface area contributed by atoms with Crippen molar-refractivity contribution in [3.8, 4) is 0 Å². The Kier molecular flexibility index (Phi) is 4.98. The number of nitrogens with zero attached hydrogens (tertiary/aromatic N) is 2. The summed E-state index contributed by atoms with van der Waals surface area (Å²) in [6, 6.07) is 0.472. The molecule has 0 aromatic carbocycles. The number of hydrogen-bond donors (Lipinski definition) is 2. The van der Waals surface area contributed by atoms with Gasteiger partial charge in [-0.15, -0.1) is 0 Å². The largest absolute Gasteiger partial charge is 0.390 e. The molecule has 0 aliphatic carbocycles. The number of hydrogen-bond acceptors (Lipinski definition) is 5. The average molecular weight is 258 g/mol. The van der Waals surface area contributed by atoms with Crippen molar-refractivity contribution in [2.24, 2.45) is 0 Å². The molecule has 18 heavy (non-hydrogen) atoms. The van der Waals surface area contributed by atoms with Gasteiger partial charge >= 0.3 is 0 Å². The summed E-state index contributed by atoms with van der Waals surface area (Å²) in [6.07, 6.45) is -0.603. The van der Waals surface area contributed by atoms with Crippen LogP contribution in [-0.2, 0) is 4.74 Å². The molecular formula is C13H26N2O3. The van der Waals surface area contributed by atoms with Gasteiger partial charge < -0.3 is 14.9 Å². The lowest BCUT2D eigenvalue weighted by molar-refractivity contribution is -0.0623. The second-order valence-corrected chi connectivity index (χ2v) is 5.65. The standard InChI is InChI=1S/C13H26N2O3/c1-10(2)15-4-3-12(16)13(17)11(9-15)14-5-7-18-8-6-14/h10-13,16-17H,3-9H2,1-2H3/t11-,12-,13+/m1/s1. The first kappa shape index (κ1) is 14.2. The molecule has 3 atom stereocenters. The van der Waals surface area contributed by atoms with Crippen molar-refractivity contribution >= 4 is 0 Å². The van der Waals surface area contributed by atoms with Gasteiger partial charge in [-0.1, -0.05) is 0 Å². The van der Waals surface area contributed by atoms with E-state index in [4.69, 9.17) is 4.74 Å². The van der Waals surface area contributed by atoms with E-state index < -0.39 is 12.2 Å². The highest BCUT2D eigenvalue weighted by atomic mass is 16.5. The quantitative estimate of drug-likeness (QED) is 0.701. The summed E-state index contributed by atoms with van der Waals surface area (Å²) >= 11 is 0. The maximum absolute atomic E-state index is 10.3. The molecule has 2 aliphatic heterocycles. The summed E-state index contributed by atoms with van der Waals surface area (Å²) < 4.78 is 5.36. The smallest absolute Gasteiger partial charge is 0.0966 e. The van der Waals surface area contributed by atoms with Crippen LogP contribution < -0.4 is 0 Å². The molecule has 0 aromatic heterocycles. The number of morpholine rings is 1. The van der Waals surface area contributed by atoms with Crippen molar-refractivity contribution in [2.45, 2.75) is 44.6 Å². The first-order chi connectivity index (χ1) is 8.59. The Bertz CT molecular complexity index is 257. The van der Waals surface area contributed by atoms with Crippen LogP contribution >= 0.6 is 0 Å². The fourth-order valence-electron chi connectivity index (χ4n) is 2.87. The van der Waals surface area contributed by atoms with Gasteiger partial charge in [-0.05, 0) is 20.3 Å². The number of likely N-dealkylation sites (tertiary alicyclic amines) is 1. The van der Waals surface area contributed by atoms with E-state index in [0.717, 1.165) is 39.4 Å². The van der Waals surface area contributed by atoms with Crippen molar-refractivity contribution in [1.29, 1.82) is 0 Å². The number of aliphatic hydroxyl groups is 2. The summed E-state index contributed by atoms with van der Waals surface area (Å²) in [5.74, 6) is 0. The maximum Gasteiger partial charge on any atom is 0.0966 e. The van der Waals surface area contributed by atoms with E-state index in [-0.39, 0.29) is 6.04 Å². The fraction of sp³-hybridized carbons (Fsp3) is 1.00. The normalized spacial score (nSPS) is 36.8. The van der Waals surface area contributed by atoms with Crippen molar-refractivity contribution in [3.63, 3.8) is 0 Å². The van der Waals surface area contributed by atoms with Gasteiger partial charge in [0.05, 0.1) is 31.5 Å². The van der Waals surface area contributed by atoms with Crippen LogP contribution in [0.1, 0.15) is 20.3 Å². The topological polar surface area (TPSA) is 56.2 Å². The Morgan fingerprint density at radius 1 is 1.11 bits per heavy atom. The Hall–Kier alpha value is -0.200. The zero-order valence-corrected chi connectivity index (χ0v) is 11.5. The molecule has 2 heterocycles. The molecule has 0 bridgehead atoms. The lowest BCUT2D eigenvalue weighted by Crippen LogP contribution is -2.55. The van der Waals surface area contributed by atoms with Gasteiger partial charge in [-0.25, -0.2) is 0 Å². The van der Waals surface area contributed by atoms with E-state index >= 15 is 0 Å². The highest BCUT2D eigenvalue weighted by Gasteiger charge is 2.36. The van der Waals surface area contributed by atoms with Crippen LogP contribution in [0, 0.1) is 0 Å². The molecule has 0 aromatic rings. The Morgan fingerprint density at radius 2 is 1.78 bits per heavy atom. The maximum atomic E-state index is 10.3. The van der Waals surface area contributed by atoms with Gasteiger partial charge in [0.1, 0.15) is 0 Å². The SMILES string of the molecule is CC(C)N1CC[C@@H](O)[C@@H](O)[C@H](N2CCOCC2)C1. The third-order valence-electron chi connectivity index (χ3n) is 4.17. The van der Waals surface area contributed by atoms with Crippen molar-refractivity contribution in [1.82, 2.24) is 9.80 Å². The van der Waals surface area contributed by atoms with Crippen molar-refractivity contribution < 1.29 is 14.9 Å². The van der Waals surface area contributed by atoms with E-state index in [9.17, 15) is 10.2 Å². The lowest BCUT2D eigenvalue weighted by Gasteiger charge is -2.39. The Labute approximate surface area is 109 Å². The van der Waals surface area contributed by atoms with Gasteiger partial charge in [0.2, 0.25) is 0 Å². The van der Waals surface area contributed by atoms with Gasteiger partial charge in [0.15, 0.2) is 0 Å². The second kappa shape index (κ2) is 6.30. The molecule has 2 aliphatic rings. The highest BCUT2D eigenvalue weighted by Crippen LogP contribution is 2.19. The molecule has 0 unspecified atom stereocenters. The minimum atomic E-state index is -0.646. The summed E-state index contributed by atoms with van der Waals surface area (Å²) in [5, 5.41) is 20.3. The summed E-state index contributed by atoms with van der Waals surface area (Å²) in [7, 11) is 0. The number of rotatable bonds is 2. The van der Waals surface area contributed by atoms with Crippen LogP contribution in [0.25, 0.3) is 0 Å². The van der Waals surface area contributed by atoms with E-state index in [1.54, 1.807) is 0 Å². The summed E-state index contributed by atoms with van der Waals surface area (Å²) in [4.78, 5) is 4.61. The van der Waals surface area contributed by atoms with Crippen LogP contribution in [0.15, 0.2) is 0 Å². The Morgan fingerprint density at radius 3 is 2.39 bits per heavy atom. The third kappa shape index (κ3) is 3.22. The summed E-state index contributed by atoms with van der Waals surface area (Å²) in [5.41, 5.74) is 0. The van der Waals surface area contributed by atoms with Gasteiger partial charge in [-0.3, -0.25) is 9.80 Å². The van der Waals surface area contributed by atoms with Crippen molar-refractivity contribution in [3.05, 3.63) is 0 Å². The van der Waals surface area contributed by atoms with Crippen molar-refractivity contribution in [2.75, 3.05) is 39.4 Å². The predicted octanol–water partition coefficient (Wildman–Crippen LogP) is -0.477. The number of aliphatic hydroxyl groups excluding tert-OH is 2. The third-order valence-corrected chi connectivity index (χ3v) is 4.17. The molecule has 2 N–H and O–H groups in total. The van der Waals surface area contributed by atoms with Crippen LogP contribution in [-0.4, -0.2) is 83.7 Å². The molecule has 5 heteroatoms.